The van der Waals surface area contributed by atoms with Crippen molar-refractivity contribution in [3.63, 3.8) is 0 Å². The largest absolute Gasteiger partial charge is 0.495 e. The lowest BCUT2D eigenvalue weighted by Gasteiger charge is -2.02. The lowest BCUT2D eigenvalue weighted by molar-refractivity contribution is 0.413. The maximum absolute atomic E-state index is 5.99. The molecular weight excluding hydrogens is 384 g/mol. The Morgan fingerprint density at radius 3 is 2.32 bits per heavy atom. The van der Waals surface area contributed by atoms with Crippen LogP contribution in [0.4, 0.5) is 0 Å². The Morgan fingerprint density at radius 1 is 0.710 bits per heavy atom. The molecule has 0 amide bonds. The van der Waals surface area contributed by atoms with E-state index < -0.39 is 0 Å². The number of hydrogen-bond acceptors (Lipinski definition) is 4. The number of rotatable bonds is 3. The number of nitrogens with zero attached hydrogens (tertiary/aromatic N) is 2. The van der Waals surface area contributed by atoms with Crippen molar-refractivity contribution in [3.8, 4) is 40.5 Å². The molecule has 0 aliphatic rings. The highest BCUT2D eigenvalue weighted by atomic mass is 16.5. The maximum Gasteiger partial charge on any atom is 0.248 e. The molecule has 31 heavy (non-hydrogen) atoms. The minimum Gasteiger partial charge on any atom is -0.495 e. The fourth-order valence-corrected chi connectivity index (χ4v) is 3.44. The van der Waals surface area contributed by atoms with Gasteiger partial charge in [0.05, 0.1) is 12.7 Å². The molecule has 5 aromatic rings. The van der Waals surface area contributed by atoms with Crippen LogP contribution in [0.3, 0.4) is 0 Å². The second-order valence-corrected chi connectivity index (χ2v) is 6.97. The van der Waals surface area contributed by atoms with Gasteiger partial charge in [0.1, 0.15) is 5.75 Å². The summed E-state index contributed by atoms with van der Waals surface area (Å²) in [5.74, 6) is 8.07. The van der Waals surface area contributed by atoms with Gasteiger partial charge in [-0.2, -0.15) is 0 Å². The molecule has 0 N–H and O–H groups in total. The van der Waals surface area contributed by atoms with Gasteiger partial charge in [-0.1, -0.05) is 60.4 Å². The smallest absolute Gasteiger partial charge is 0.248 e. The third-order valence-corrected chi connectivity index (χ3v) is 5.03. The summed E-state index contributed by atoms with van der Waals surface area (Å²) in [4.78, 5) is 0. The van der Waals surface area contributed by atoms with E-state index in [-0.39, 0.29) is 0 Å². The van der Waals surface area contributed by atoms with Crippen LogP contribution < -0.4 is 4.74 Å². The Morgan fingerprint density at radius 2 is 1.45 bits per heavy atom. The van der Waals surface area contributed by atoms with Crippen molar-refractivity contribution in [2.75, 3.05) is 7.11 Å². The Kier molecular flexibility index (Phi) is 4.92. The van der Waals surface area contributed by atoms with Gasteiger partial charge in [0, 0.05) is 16.7 Å². The predicted octanol–water partition coefficient (Wildman–Crippen LogP) is 5.97. The summed E-state index contributed by atoms with van der Waals surface area (Å²) in [7, 11) is 1.65. The van der Waals surface area contributed by atoms with Gasteiger partial charge in [-0.25, -0.2) is 0 Å². The molecule has 0 bridgehead atoms. The Bertz CT molecular complexity index is 1420. The molecule has 0 unspecified atom stereocenters. The maximum atomic E-state index is 5.99. The van der Waals surface area contributed by atoms with E-state index >= 15 is 0 Å². The summed E-state index contributed by atoms with van der Waals surface area (Å²) in [5.41, 5.74) is 3.52. The van der Waals surface area contributed by atoms with E-state index in [0.717, 1.165) is 38.8 Å². The van der Waals surface area contributed by atoms with Crippen LogP contribution in [0.1, 0.15) is 11.1 Å². The summed E-state index contributed by atoms with van der Waals surface area (Å²) in [6.07, 6.45) is 0. The van der Waals surface area contributed by atoms with E-state index in [2.05, 4.69) is 40.2 Å². The van der Waals surface area contributed by atoms with E-state index in [4.69, 9.17) is 9.15 Å². The van der Waals surface area contributed by atoms with Crippen LogP contribution in [0, 0.1) is 11.8 Å². The van der Waals surface area contributed by atoms with Crippen LogP contribution in [-0.4, -0.2) is 17.3 Å². The van der Waals surface area contributed by atoms with Gasteiger partial charge in [0.2, 0.25) is 11.8 Å². The topological polar surface area (TPSA) is 48.2 Å². The van der Waals surface area contributed by atoms with Crippen LogP contribution in [0.5, 0.6) is 5.75 Å². The number of hydrogen-bond donors (Lipinski definition) is 0. The lowest BCUT2D eigenvalue weighted by Crippen LogP contribution is -1.86. The molecule has 1 aromatic heterocycles. The summed E-state index contributed by atoms with van der Waals surface area (Å²) in [6, 6.07) is 29.7. The van der Waals surface area contributed by atoms with Gasteiger partial charge in [-0.15, -0.1) is 10.2 Å². The zero-order valence-corrected chi connectivity index (χ0v) is 16.9. The van der Waals surface area contributed by atoms with Crippen molar-refractivity contribution in [1.82, 2.24) is 10.2 Å². The van der Waals surface area contributed by atoms with E-state index in [9.17, 15) is 0 Å². The lowest BCUT2D eigenvalue weighted by atomic mass is 10.0. The molecule has 4 heteroatoms. The fourth-order valence-electron chi connectivity index (χ4n) is 3.44. The van der Waals surface area contributed by atoms with E-state index in [0.29, 0.717) is 11.8 Å². The molecule has 4 aromatic carbocycles. The molecule has 0 saturated heterocycles. The highest BCUT2D eigenvalue weighted by molar-refractivity contribution is 5.94. The van der Waals surface area contributed by atoms with Crippen LogP contribution in [-0.2, 0) is 0 Å². The van der Waals surface area contributed by atoms with Crippen molar-refractivity contribution in [1.29, 1.82) is 0 Å². The second kappa shape index (κ2) is 8.17. The van der Waals surface area contributed by atoms with Crippen LogP contribution in [0.15, 0.2) is 95.4 Å². The Balaban J connectivity index is 1.42. The van der Waals surface area contributed by atoms with Crippen molar-refractivity contribution in [3.05, 3.63) is 102 Å². The summed E-state index contributed by atoms with van der Waals surface area (Å²) < 4.78 is 11.3. The first kappa shape index (κ1) is 18.7. The highest BCUT2D eigenvalue weighted by Gasteiger charge is 2.12. The Hall–Kier alpha value is -4.36. The summed E-state index contributed by atoms with van der Waals surface area (Å²) in [5, 5.41) is 10.7. The summed E-state index contributed by atoms with van der Waals surface area (Å²) >= 11 is 0. The van der Waals surface area contributed by atoms with Gasteiger partial charge >= 0.3 is 0 Å². The summed E-state index contributed by atoms with van der Waals surface area (Å²) in [6.45, 7) is 0. The molecule has 0 spiro atoms. The Labute approximate surface area is 180 Å². The van der Waals surface area contributed by atoms with Crippen LogP contribution in [0.25, 0.3) is 33.7 Å². The first-order valence-electron chi connectivity index (χ1n) is 9.89. The molecular formula is C27H18N2O2. The van der Waals surface area contributed by atoms with Crippen molar-refractivity contribution < 1.29 is 9.15 Å². The van der Waals surface area contributed by atoms with Crippen LogP contribution in [0.2, 0.25) is 0 Å². The molecule has 5 rings (SSSR count). The zero-order chi connectivity index (χ0) is 21.0. The van der Waals surface area contributed by atoms with Crippen molar-refractivity contribution in [2.24, 2.45) is 0 Å². The number of aromatic nitrogens is 2. The predicted molar refractivity (Wildman–Crippen MR) is 122 cm³/mol. The number of para-hydroxylation sites is 1. The highest BCUT2D eigenvalue weighted by Crippen LogP contribution is 2.29. The molecule has 0 saturated carbocycles. The van der Waals surface area contributed by atoms with Gasteiger partial charge in [-0.3, -0.25) is 0 Å². The normalized spacial score (nSPS) is 10.5. The van der Waals surface area contributed by atoms with E-state index in [1.165, 1.54) is 0 Å². The van der Waals surface area contributed by atoms with E-state index in [1.54, 1.807) is 7.11 Å². The van der Waals surface area contributed by atoms with Crippen LogP contribution >= 0.6 is 0 Å². The third-order valence-electron chi connectivity index (χ3n) is 5.03. The minimum atomic E-state index is 0.479. The standard InChI is InChI=1S/C27H18N2O2/c1-30-25-12-5-3-8-21(25)16-13-19-14-17-22(18-15-19)26-28-29-27(31-26)24-11-6-9-20-7-2-4-10-23(20)24/h2-12,14-15,17-18H,1H3. The first-order valence-corrected chi connectivity index (χ1v) is 9.89. The molecule has 148 valence electrons. The van der Waals surface area contributed by atoms with Gasteiger partial charge in [0.25, 0.3) is 0 Å². The zero-order valence-electron chi connectivity index (χ0n) is 16.9. The average molecular weight is 402 g/mol. The van der Waals surface area contributed by atoms with Crippen molar-refractivity contribution in [2.45, 2.75) is 0 Å². The monoisotopic (exact) mass is 402 g/mol. The average Bonchev–Trinajstić information content (AvgIpc) is 3.33. The number of methoxy groups -OCH3 is 1. The second-order valence-electron chi connectivity index (χ2n) is 6.97. The third kappa shape index (κ3) is 3.77. The first-order chi connectivity index (χ1) is 15.3. The molecule has 4 nitrogen and oxygen atoms in total. The fraction of sp³-hybridized carbons (Fsp3) is 0.0370. The van der Waals surface area contributed by atoms with Gasteiger partial charge in [0.15, 0.2) is 0 Å². The van der Waals surface area contributed by atoms with Gasteiger partial charge in [-0.05, 0) is 53.2 Å². The van der Waals surface area contributed by atoms with E-state index in [1.807, 2.05) is 72.8 Å². The minimum absolute atomic E-state index is 0.479. The van der Waals surface area contributed by atoms with Gasteiger partial charge < -0.3 is 9.15 Å². The molecule has 0 aliphatic heterocycles. The quantitative estimate of drug-likeness (QED) is 0.349. The SMILES string of the molecule is COc1ccccc1C#Cc1ccc(-c2nnc(-c3cccc4ccccc34)o2)cc1. The molecule has 0 aliphatic carbocycles. The molecule has 0 fully saturated rings. The molecule has 0 radical (unpaired) electrons. The molecule has 1 heterocycles. The molecule has 0 atom stereocenters. The number of fused-ring (bicyclic) bond motifs is 1. The number of benzene rings is 4. The van der Waals surface area contributed by atoms with Crippen molar-refractivity contribution >= 4 is 10.8 Å². The number of ether oxygens (including phenoxy) is 1.